The molecule has 0 aromatic rings. The Kier molecular flexibility index (Phi) is 11.0. The number of ketones is 1. The Labute approximate surface area is 142 Å². The van der Waals surface area contributed by atoms with Crippen molar-refractivity contribution in [3.05, 3.63) is 0 Å². The maximum atomic E-state index is 11.9. The van der Waals surface area contributed by atoms with E-state index in [1.165, 1.54) is 58.5 Å². The number of Topliss-reactive ketones (excluding diaryl/α,β-unsaturated/α-hetero) is 1. The Bertz CT molecular complexity index is 338. The van der Waals surface area contributed by atoms with Gasteiger partial charge in [-0.2, -0.15) is 0 Å². The molecule has 134 valence electrons. The molecular weight excluding hydrogens is 288 g/mol. The number of hydrogen-bond donors (Lipinski definition) is 0. The first-order valence-electron chi connectivity index (χ1n) is 9.75. The van der Waals surface area contributed by atoms with Crippen molar-refractivity contribution in [2.24, 2.45) is 11.8 Å². The number of carbonyl (C=O) groups excluding carboxylic acids is 2. The van der Waals surface area contributed by atoms with Gasteiger partial charge in [0.15, 0.2) is 0 Å². The molecule has 1 rings (SSSR count). The lowest BCUT2D eigenvalue weighted by molar-refractivity contribution is -0.140. The third kappa shape index (κ3) is 10.5. The monoisotopic (exact) mass is 324 g/mol. The zero-order chi connectivity index (χ0) is 16.9. The summed E-state index contributed by atoms with van der Waals surface area (Å²) in [6.07, 6.45) is 15.4. The molecule has 0 aromatic carbocycles. The van der Waals surface area contributed by atoms with Crippen LogP contribution < -0.4 is 0 Å². The van der Waals surface area contributed by atoms with Crippen molar-refractivity contribution >= 4 is 11.8 Å². The highest BCUT2D eigenvalue weighted by Gasteiger charge is 2.37. The smallest absolute Gasteiger partial charge is 0.305 e. The van der Waals surface area contributed by atoms with E-state index in [1.54, 1.807) is 0 Å². The molecule has 0 radical (unpaired) electrons. The zero-order valence-corrected chi connectivity index (χ0v) is 15.3. The van der Waals surface area contributed by atoms with E-state index < -0.39 is 0 Å². The number of methoxy groups -OCH3 is 1. The summed E-state index contributed by atoms with van der Waals surface area (Å²) in [5, 5.41) is 0. The third-order valence-corrected chi connectivity index (χ3v) is 5.05. The van der Waals surface area contributed by atoms with Gasteiger partial charge in [-0.15, -0.1) is 0 Å². The molecule has 0 aromatic heterocycles. The summed E-state index contributed by atoms with van der Waals surface area (Å²) in [5.41, 5.74) is 0. The summed E-state index contributed by atoms with van der Waals surface area (Å²) in [7, 11) is 1.45. The molecule has 3 nitrogen and oxygen atoms in total. The van der Waals surface area contributed by atoms with Crippen LogP contribution in [0.25, 0.3) is 0 Å². The number of esters is 1. The Morgan fingerprint density at radius 3 is 2.26 bits per heavy atom. The molecular formula is C20H36O3. The van der Waals surface area contributed by atoms with Crippen molar-refractivity contribution in [3.8, 4) is 0 Å². The van der Waals surface area contributed by atoms with Crippen LogP contribution in [-0.2, 0) is 14.3 Å². The Morgan fingerprint density at radius 1 is 0.870 bits per heavy atom. The lowest BCUT2D eigenvalue weighted by atomic mass is 10.0. The van der Waals surface area contributed by atoms with Crippen molar-refractivity contribution in [1.82, 2.24) is 0 Å². The topological polar surface area (TPSA) is 43.4 Å². The van der Waals surface area contributed by atoms with E-state index in [9.17, 15) is 9.59 Å². The predicted molar refractivity (Wildman–Crippen MR) is 94.3 cm³/mol. The first-order chi connectivity index (χ1) is 11.2. The minimum absolute atomic E-state index is 0.0924. The molecule has 1 aliphatic rings. The molecule has 1 aliphatic carbocycles. The molecule has 1 saturated carbocycles. The second-order valence-corrected chi connectivity index (χ2v) is 7.19. The van der Waals surface area contributed by atoms with E-state index in [2.05, 4.69) is 11.7 Å². The Balaban J connectivity index is 1.87. The number of carbonyl (C=O) groups is 2. The highest BCUT2D eigenvalue weighted by atomic mass is 16.5. The van der Waals surface area contributed by atoms with E-state index in [4.69, 9.17) is 0 Å². The van der Waals surface area contributed by atoms with Gasteiger partial charge in [0.05, 0.1) is 7.11 Å². The first kappa shape index (κ1) is 20.2. The fourth-order valence-electron chi connectivity index (χ4n) is 3.37. The van der Waals surface area contributed by atoms with Gasteiger partial charge in [0.25, 0.3) is 0 Å². The SMILES string of the molecule is CCCCCCC(=O)C[C@H]1C[C@H]1CCCCCCCC(=O)OC. The lowest BCUT2D eigenvalue weighted by Gasteiger charge is -2.03. The van der Waals surface area contributed by atoms with Gasteiger partial charge in [-0.3, -0.25) is 9.59 Å². The van der Waals surface area contributed by atoms with Gasteiger partial charge >= 0.3 is 5.97 Å². The van der Waals surface area contributed by atoms with Crippen LogP contribution in [-0.4, -0.2) is 18.9 Å². The highest BCUT2D eigenvalue weighted by Crippen LogP contribution is 2.45. The summed E-state index contributed by atoms with van der Waals surface area (Å²) >= 11 is 0. The number of unbranched alkanes of at least 4 members (excludes halogenated alkanes) is 7. The molecule has 3 heteroatoms. The molecule has 0 saturated heterocycles. The molecule has 0 bridgehead atoms. The van der Waals surface area contributed by atoms with Crippen LogP contribution in [0.5, 0.6) is 0 Å². The van der Waals surface area contributed by atoms with E-state index in [1.807, 2.05) is 0 Å². The average Bonchev–Trinajstić information content (AvgIpc) is 3.28. The van der Waals surface area contributed by atoms with Crippen LogP contribution in [0.3, 0.4) is 0 Å². The van der Waals surface area contributed by atoms with Crippen molar-refractivity contribution < 1.29 is 14.3 Å². The molecule has 0 heterocycles. The van der Waals surface area contributed by atoms with Crippen LogP contribution in [0.2, 0.25) is 0 Å². The van der Waals surface area contributed by atoms with Gasteiger partial charge < -0.3 is 4.74 Å². The van der Waals surface area contributed by atoms with Gasteiger partial charge in [-0.05, 0) is 31.1 Å². The average molecular weight is 325 g/mol. The Hall–Kier alpha value is -0.860. The van der Waals surface area contributed by atoms with Crippen LogP contribution in [0.15, 0.2) is 0 Å². The van der Waals surface area contributed by atoms with Crippen molar-refractivity contribution in [3.63, 3.8) is 0 Å². The molecule has 0 unspecified atom stereocenters. The number of hydrogen-bond acceptors (Lipinski definition) is 3. The normalized spacial score (nSPS) is 19.6. The van der Waals surface area contributed by atoms with Gasteiger partial charge in [0.2, 0.25) is 0 Å². The number of rotatable bonds is 15. The maximum absolute atomic E-state index is 11.9. The van der Waals surface area contributed by atoms with Crippen LogP contribution in [0, 0.1) is 11.8 Å². The number of ether oxygens (including phenoxy) is 1. The Morgan fingerprint density at radius 2 is 1.52 bits per heavy atom. The summed E-state index contributed by atoms with van der Waals surface area (Å²) in [6, 6.07) is 0. The fourth-order valence-corrected chi connectivity index (χ4v) is 3.37. The maximum Gasteiger partial charge on any atom is 0.305 e. The molecule has 2 atom stereocenters. The summed E-state index contributed by atoms with van der Waals surface area (Å²) in [4.78, 5) is 22.9. The van der Waals surface area contributed by atoms with Crippen molar-refractivity contribution in [2.75, 3.05) is 7.11 Å². The molecule has 0 amide bonds. The third-order valence-electron chi connectivity index (χ3n) is 5.05. The van der Waals surface area contributed by atoms with Crippen molar-refractivity contribution in [1.29, 1.82) is 0 Å². The molecule has 0 spiro atoms. The second kappa shape index (κ2) is 12.5. The standard InChI is InChI=1S/C20H36O3/c1-3-4-5-10-13-19(21)16-18-15-17(18)12-9-7-6-8-11-14-20(22)23-2/h17-18H,3-16H2,1-2H3/t17-,18-/m1/s1. The predicted octanol–water partition coefficient (Wildman–Crippen LogP) is 5.46. The molecule has 23 heavy (non-hydrogen) atoms. The van der Waals surface area contributed by atoms with E-state index in [0.29, 0.717) is 18.1 Å². The van der Waals surface area contributed by atoms with Gasteiger partial charge in [-0.1, -0.05) is 58.3 Å². The minimum atomic E-state index is -0.0924. The van der Waals surface area contributed by atoms with Crippen molar-refractivity contribution in [2.45, 2.75) is 96.8 Å². The fraction of sp³-hybridized carbons (Fsp3) is 0.900. The van der Waals surface area contributed by atoms with Gasteiger partial charge in [0, 0.05) is 19.3 Å². The molecule has 0 aliphatic heterocycles. The summed E-state index contributed by atoms with van der Waals surface area (Å²) in [5.74, 6) is 1.93. The van der Waals surface area contributed by atoms with Gasteiger partial charge in [-0.25, -0.2) is 0 Å². The summed E-state index contributed by atoms with van der Waals surface area (Å²) < 4.78 is 4.63. The minimum Gasteiger partial charge on any atom is -0.469 e. The second-order valence-electron chi connectivity index (χ2n) is 7.19. The molecule has 0 N–H and O–H groups in total. The lowest BCUT2D eigenvalue weighted by Crippen LogP contribution is -2.00. The molecule has 1 fully saturated rings. The first-order valence-corrected chi connectivity index (χ1v) is 9.75. The van der Waals surface area contributed by atoms with E-state index in [-0.39, 0.29) is 5.97 Å². The van der Waals surface area contributed by atoms with Crippen LogP contribution >= 0.6 is 0 Å². The zero-order valence-electron chi connectivity index (χ0n) is 15.3. The summed E-state index contributed by atoms with van der Waals surface area (Å²) in [6.45, 7) is 2.20. The highest BCUT2D eigenvalue weighted by molar-refractivity contribution is 5.78. The van der Waals surface area contributed by atoms with Crippen LogP contribution in [0.1, 0.15) is 96.8 Å². The van der Waals surface area contributed by atoms with E-state index >= 15 is 0 Å². The van der Waals surface area contributed by atoms with Crippen LogP contribution in [0.4, 0.5) is 0 Å². The largest absolute Gasteiger partial charge is 0.469 e. The quantitative estimate of drug-likeness (QED) is 0.297. The van der Waals surface area contributed by atoms with E-state index in [0.717, 1.165) is 38.0 Å². The van der Waals surface area contributed by atoms with Gasteiger partial charge in [0.1, 0.15) is 5.78 Å².